The molecule has 0 bridgehead atoms. The summed E-state index contributed by atoms with van der Waals surface area (Å²) in [6.45, 7) is 0.258. The molecule has 3 N–H and O–H groups in total. The number of sulfonamides is 1. The van der Waals surface area contributed by atoms with Gasteiger partial charge in [-0.1, -0.05) is 48.5 Å². The van der Waals surface area contributed by atoms with Crippen molar-refractivity contribution in [3.63, 3.8) is 0 Å². The fourth-order valence-electron chi connectivity index (χ4n) is 2.36. The quantitative estimate of drug-likeness (QED) is 0.710. The molecule has 0 aliphatic heterocycles. The Morgan fingerprint density at radius 2 is 1.65 bits per heavy atom. The Bertz CT molecular complexity index is 912. The molecule has 0 heterocycles. The van der Waals surface area contributed by atoms with Crippen molar-refractivity contribution in [2.24, 2.45) is 0 Å². The van der Waals surface area contributed by atoms with E-state index in [2.05, 4.69) is 4.72 Å². The third-order valence-electron chi connectivity index (χ3n) is 3.46. The molecule has 0 saturated carbocycles. The van der Waals surface area contributed by atoms with E-state index in [0.717, 1.165) is 10.9 Å². The van der Waals surface area contributed by atoms with Crippen molar-refractivity contribution in [3.05, 3.63) is 72.3 Å². The van der Waals surface area contributed by atoms with Gasteiger partial charge in [0.1, 0.15) is 0 Å². The molecule has 0 radical (unpaired) electrons. The van der Waals surface area contributed by atoms with Gasteiger partial charge in [0.2, 0.25) is 10.0 Å². The van der Waals surface area contributed by atoms with Gasteiger partial charge in [-0.3, -0.25) is 0 Å². The van der Waals surface area contributed by atoms with Crippen LogP contribution in [0.2, 0.25) is 0 Å². The zero-order valence-corrected chi connectivity index (χ0v) is 13.9. The van der Waals surface area contributed by atoms with Crippen LogP contribution in [-0.4, -0.2) is 8.42 Å². The second-order valence-electron chi connectivity index (χ2n) is 5.05. The molecule has 0 amide bonds. The van der Waals surface area contributed by atoms with E-state index in [1.807, 2.05) is 36.4 Å². The fourth-order valence-corrected chi connectivity index (χ4v) is 3.60. The molecule has 0 unspecified atom stereocenters. The molecular weight excluding hydrogens is 332 g/mol. The maximum Gasteiger partial charge on any atom is 0.241 e. The predicted molar refractivity (Wildman–Crippen MR) is 96.1 cm³/mol. The maximum absolute atomic E-state index is 12.6. The van der Waals surface area contributed by atoms with Crippen LogP contribution in [0, 0.1) is 0 Å². The summed E-state index contributed by atoms with van der Waals surface area (Å²) in [7, 11) is -3.59. The minimum atomic E-state index is -3.59. The normalized spacial score (nSPS) is 11.1. The molecule has 3 aromatic carbocycles. The molecule has 0 spiro atoms. The topological polar surface area (TPSA) is 72.2 Å². The van der Waals surface area contributed by atoms with Crippen LogP contribution < -0.4 is 10.5 Å². The van der Waals surface area contributed by atoms with E-state index < -0.39 is 10.0 Å². The number of fused-ring (bicyclic) bond motifs is 1. The van der Waals surface area contributed by atoms with E-state index >= 15 is 0 Å². The lowest BCUT2D eigenvalue weighted by molar-refractivity contribution is 0.582. The number of halogens is 1. The summed E-state index contributed by atoms with van der Waals surface area (Å²) in [5.41, 5.74) is 7.28. The molecule has 6 heteroatoms. The molecule has 0 fully saturated rings. The Hall–Kier alpha value is -2.08. The Labute approximate surface area is 141 Å². The Morgan fingerprint density at radius 3 is 2.39 bits per heavy atom. The monoisotopic (exact) mass is 348 g/mol. The summed E-state index contributed by atoms with van der Waals surface area (Å²) in [4.78, 5) is 0.265. The zero-order valence-electron chi connectivity index (χ0n) is 12.3. The van der Waals surface area contributed by atoms with Crippen molar-refractivity contribution >= 4 is 38.9 Å². The third kappa shape index (κ3) is 3.82. The highest BCUT2D eigenvalue weighted by molar-refractivity contribution is 7.89. The van der Waals surface area contributed by atoms with Crippen LogP contribution >= 0.6 is 12.4 Å². The summed E-state index contributed by atoms with van der Waals surface area (Å²) >= 11 is 0. The lowest BCUT2D eigenvalue weighted by atomic mass is 10.1. The summed E-state index contributed by atoms with van der Waals surface area (Å²) in [6, 6.07) is 19.8. The van der Waals surface area contributed by atoms with Crippen LogP contribution in [0.15, 0.2) is 71.6 Å². The van der Waals surface area contributed by atoms with Gasteiger partial charge in [-0.25, -0.2) is 13.1 Å². The van der Waals surface area contributed by atoms with Gasteiger partial charge in [-0.15, -0.1) is 12.4 Å². The van der Waals surface area contributed by atoms with E-state index in [1.165, 1.54) is 0 Å². The number of nitrogens with one attached hydrogen (secondary N) is 1. The maximum atomic E-state index is 12.6. The number of benzene rings is 3. The average Bonchev–Trinajstić information content (AvgIpc) is 2.53. The molecule has 23 heavy (non-hydrogen) atoms. The van der Waals surface area contributed by atoms with Gasteiger partial charge >= 0.3 is 0 Å². The van der Waals surface area contributed by atoms with Gasteiger partial charge in [0.25, 0.3) is 0 Å². The van der Waals surface area contributed by atoms with Gasteiger partial charge in [0, 0.05) is 17.6 Å². The molecule has 0 aliphatic carbocycles. The lowest BCUT2D eigenvalue weighted by Gasteiger charge is -2.10. The van der Waals surface area contributed by atoms with E-state index in [1.54, 1.807) is 30.3 Å². The number of anilines is 1. The van der Waals surface area contributed by atoms with E-state index in [4.69, 9.17) is 5.73 Å². The molecule has 0 aromatic heterocycles. The van der Waals surface area contributed by atoms with Gasteiger partial charge in [-0.2, -0.15) is 0 Å². The first-order valence-corrected chi connectivity index (χ1v) is 8.36. The minimum absolute atomic E-state index is 0. The standard InChI is InChI=1S/C17H16N2O2S.ClH/c18-15-9-10-16-14(11-15)7-4-8-17(16)22(20,21)19-12-13-5-2-1-3-6-13;/h1-11,19H,12,18H2;1H. The number of hydrogen-bond acceptors (Lipinski definition) is 3. The first kappa shape index (κ1) is 17.3. The van der Waals surface area contributed by atoms with E-state index in [0.29, 0.717) is 11.1 Å². The molecule has 0 saturated heterocycles. The number of nitrogens with two attached hydrogens (primary N) is 1. The zero-order chi connectivity index (χ0) is 15.6. The minimum Gasteiger partial charge on any atom is -0.399 e. The highest BCUT2D eigenvalue weighted by atomic mass is 35.5. The lowest BCUT2D eigenvalue weighted by Crippen LogP contribution is -2.23. The van der Waals surface area contributed by atoms with Crippen molar-refractivity contribution in [1.82, 2.24) is 4.72 Å². The summed E-state index contributed by atoms with van der Waals surface area (Å²) in [6.07, 6.45) is 0. The van der Waals surface area contributed by atoms with Gasteiger partial charge < -0.3 is 5.73 Å². The van der Waals surface area contributed by atoms with Crippen LogP contribution in [0.1, 0.15) is 5.56 Å². The molecule has 4 nitrogen and oxygen atoms in total. The first-order chi connectivity index (χ1) is 10.6. The summed E-state index contributed by atoms with van der Waals surface area (Å²) < 4.78 is 27.8. The second kappa shape index (κ2) is 7.00. The van der Waals surface area contributed by atoms with E-state index in [9.17, 15) is 8.42 Å². The number of hydrogen-bond donors (Lipinski definition) is 2. The molecule has 3 aromatic rings. The Morgan fingerprint density at radius 1 is 0.913 bits per heavy atom. The van der Waals surface area contributed by atoms with Crippen molar-refractivity contribution in [3.8, 4) is 0 Å². The van der Waals surface area contributed by atoms with Crippen molar-refractivity contribution in [1.29, 1.82) is 0 Å². The van der Waals surface area contributed by atoms with Crippen LogP contribution in [0.3, 0.4) is 0 Å². The third-order valence-corrected chi connectivity index (χ3v) is 4.92. The molecule has 0 atom stereocenters. The highest BCUT2D eigenvalue weighted by Crippen LogP contribution is 2.24. The SMILES string of the molecule is Cl.Nc1ccc2c(S(=O)(=O)NCc3ccccc3)cccc2c1. The van der Waals surface area contributed by atoms with Gasteiger partial charge in [-0.05, 0) is 29.1 Å². The molecule has 3 rings (SSSR count). The molecular formula is C17H17ClN2O2S. The Kier molecular flexibility index (Phi) is 5.26. The highest BCUT2D eigenvalue weighted by Gasteiger charge is 2.16. The smallest absolute Gasteiger partial charge is 0.241 e. The van der Waals surface area contributed by atoms with Crippen LogP contribution in [0.4, 0.5) is 5.69 Å². The predicted octanol–water partition coefficient (Wildman–Crippen LogP) is 3.32. The van der Waals surface area contributed by atoms with Crippen molar-refractivity contribution in [2.45, 2.75) is 11.4 Å². The fraction of sp³-hybridized carbons (Fsp3) is 0.0588. The summed E-state index contributed by atoms with van der Waals surface area (Å²) in [5.74, 6) is 0. The average molecular weight is 349 g/mol. The second-order valence-corrected chi connectivity index (χ2v) is 6.78. The van der Waals surface area contributed by atoms with E-state index in [-0.39, 0.29) is 23.8 Å². The van der Waals surface area contributed by atoms with Crippen LogP contribution in [0.25, 0.3) is 10.8 Å². The first-order valence-electron chi connectivity index (χ1n) is 6.88. The van der Waals surface area contributed by atoms with Crippen molar-refractivity contribution in [2.75, 3.05) is 5.73 Å². The van der Waals surface area contributed by atoms with Crippen LogP contribution in [-0.2, 0) is 16.6 Å². The Balaban J connectivity index is 0.00000192. The number of nitrogen functional groups attached to an aromatic ring is 1. The summed E-state index contributed by atoms with van der Waals surface area (Å²) in [5, 5.41) is 1.47. The van der Waals surface area contributed by atoms with Crippen molar-refractivity contribution < 1.29 is 8.42 Å². The van der Waals surface area contributed by atoms with Crippen LogP contribution in [0.5, 0.6) is 0 Å². The van der Waals surface area contributed by atoms with Gasteiger partial charge in [0.05, 0.1) is 4.90 Å². The molecule has 0 aliphatic rings. The number of rotatable bonds is 4. The largest absolute Gasteiger partial charge is 0.399 e. The molecule has 120 valence electrons. The van der Waals surface area contributed by atoms with Gasteiger partial charge in [0.15, 0.2) is 0 Å².